The number of anilines is 1. The first-order chi connectivity index (χ1) is 14.7. The van der Waals surface area contributed by atoms with Crippen LogP contribution in [0.25, 0.3) is 0 Å². The van der Waals surface area contributed by atoms with Gasteiger partial charge in [0.25, 0.3) is 0 Å². The van der Waals surface area contributed by atoms with Crippen molar-refractivity contribution in [1.82, 2.24) is 15.2 Å². The van der Waals surface area contributed by atoms with Gasteiger partial charge in [0.15, 0.2) is 0 Å². The van der Waals surface area contributed by atoms with Crippen LogP contribution in [0.3, 0.4) is 0 Å². The summed E-state index contributed by atoms with van der Waals surface area (Å²) in [6.45, 7) is 3.33. The largest absolute Gasteiger partial charge is 0.497 e. The Morgan fingerprint density at radius 1 is 1.10 bits per heavy atom. The third-order valence-corrected chi connectivity index (χ3v) is 5.99. The number of benzene rings is 1. The lowest BCUT2D eigenvalue weighted by Crippen LogP contribution is -2.39. The van der Waals surface area contributed by atoms with Crippen LogP contribution >= 0.6 is 0 Å². The predicted octanol–water partition coefficient (Wildman–Crippen LogP) is 3.75. The van der Waals surface area contributed by atoms with Gasteiger partial charge < -0.3 is 24.6 Å². The monoisotopic (exact) mass is 410 g/mol. The Morgan fingerprint density at radius 3 is 2.70 bits per heavy atom. The summed E-state index contributed by atoms with van der Waals surface area (Å²) >= 11 is 0. The Labute approximate surface area is 178 Å². The number of urea groups is 1. The van der Waals surface area contributed by atoms with Crippen LogP contribution in [0.1, 0.15) is 42.9 Å². The maximum absolute atomic E-state index is 13.0. The van der Waals surface area contributed by atoms with Gasteiger partial charge in [0, 0.05) is 37.9 Å². The zero-order valence-electron chi connectivity index (χ0n) is 17.8. The van der Waals surface area contributed by atoms with Crippen LogP contribution in [0.2, 0.25) is 0 Å². The molecule has 2 aliphatic heterocycles. The maximum atomic E-state index is 13.0. The van der Waals surface area contributed by atoms with Gasteiger partial charge in [0.05, 0.1) is 20.3 Å². The molecule has 30 heavy (non-hydrogen) atoms. The topological polar surface area (TPSA) is 66.9 Å². The van der Waals surface area contributed by atoms with Gasteiger partial charge in [0.1, 0.15) is 17.3 Å². The van der Waals surface area contributed by atoms with E-state index in [4.69, 9.17) is 9.47 Å². The van der Waals surface area contributed by atoms with Crippen LogP contribution < -0.4 is 19.7 Å². The summed E-state index contributed by atoms with van der Waals surface area (Å²) < 4.78 is 10.9. The number of pyridine rings is 1. The third kappa shape index (κ3) is 4.30. The second-order valence-electron chi connectivity index (χ2n) is 7.83. The van der Waals surface area contributed by atoms with E-state index in [-0.39, 0.29) is 12.1 Å². The Morgan fingerprint density at radius 2 is 1.93 bits per heavy atom. The summed E-state index contributed by atoms with van der Waals surface area (Å²) in [6.07, 6.45) is 6.13. The van der Waals surface area contributed by atoms with Crippen molar-refractivity contribution in [2.75, 3.05) is 38.8 Å². The molecule has 0 radical (unpaired) electrons. The maximum Gasteiger partial charge on any atom is 0.318 e. The number of carbonyl (C=O) groups is 1. The molecule has 1 aromatic carbocycles. The van der Waals surface area contributed by atoms with Crippen molar-refractivity contribution in [3.63, 3.8) is 0 Å². The molecule has 0 spiro atoms. The average molecular weight is 411 g/mol. The lowest BCUT2D eigenvalue weighted by atomic mass is 10.0. The van der Waals surface area contributed by atoms with Crippen molar-refractivity contribution in [2.24, 2.45) is 0 Å². The molecule has 1 aromatic heterocycles. The van der Waals surface area contributed by atoms with Crippen molar-refractivity contribution in [3.05, 3.63) is 47.7 Å². The number of likely N-dealkylation sites (tertiary alicyclic amines) is 1. The van der Waals surface area contributed by atoms with Gasteiger partial charge in [-0.15, -0.1) is 0 Å². The number of aromatic nitrogens is 1. The SMILES string of the molecule is COc1ccc(OC)c(C2CCCN2C(=O)NCc2ccnc(N3CCCC3)c2)c1. The lowest BCUT2D eigenvalue weighted by Gasteiger charge is -2.27. The predicted molar refractivity (Wildman–Crippen MR) is 116 cm³/mol. The fourth-order valence-electron chi connectivity index (χ4n) is 4.40. The molecule has 2 fully saturated rings. The number of hydrogen-bond donors (Lipinski definition) is 1. The van der Waals surface area contributed by atoms with Gasteiger partial charge in [-0.05, 0) is 61.6 Å². The molecule has 2 saturated heterocycles. The molecule has 1 unspecified atom stereocenters. The summed E-state index contributed by atoms with van der Waals surface area (Å²) in [5, 5.41) is 3.09. The Balaban J connectivity index is 1.44. The van der Waals surface area contributed by atoms with E-state index < -0.39 is 0 Å². The van der Waals surface area contributed by atoms with E-state index in [1.54, 1.807) is 14.2 Å². The molecule has 2 aromatic rings. The number of methoxy groups -OCH3 is 2. The van der Waals surface area contributed by atoms with Gasteiger partial charge in [0.2, 0.25) is 0 Å². The van der Waals surface area contributed by atoms with Crippen molar-refractivity contribution in [3.8, 4) is 11.5 Å². The van der Waals surface area contributed by atoms with E-state index in [1.807, 2.05) is 35.4 Å². The van der Waals surface area contributed by atoms with Crippen molar-refractivity contribution in [2.45, 2.75) is 38.3 Å². The van der Waals surface area contributed by atoms with Crippen molar-refractivity contribution in [1.29, 1.82) is 0 Å². The number of hydrogen-bond acceptors (Lipinski definition) is 5. The van der Waals surface area contributed by atoms with E-state index in [9.17, 15) is 4.79 Å². The molecule has 2 aliphatic rings. The molecular weight excluding hydrogens is 380 g/mol. The van der Waals surface area contributed by atoms with E-state index >= 15 is 0 Å². The molecule has 160 valence electrons. The normalized spacial score (nSPS) is 18.5. The second-order valence-corrected chi connectivity index (χ2v) is 7.83. The van der Waals surface area contributed by atoms with Gasteiger partial charge in [-0.25, -0.2) is 9.78 Å². The zero-order valence-corrected chi connectivity index (χ0v) is 17.8. The average Bonchev–Trinajstić information content (AvgIpc) is 3.49. The number of ether oxygens (including phenoxy) is 2. The summed E-state index contributed by atoms with van der Waals surface area (Å²) in [4.78, 5) is 21.7. The minimum atomic E-state index is -0.0538. The number of nitrogens with zero attached hydrogens (tertiary/aromatic N) is 3. The Hall–Kier alpha value is -2.96. The molecule has 1 atom stereocenters. The zero-order chi connectivity index (χ0) is 20.9. The molecule has 0 aliphatic carbocycles. The van der Waals surface area contributed by atoms with Crippen molar-refractivity contribution < 1.29 is 14.3 Å². The minimum absolute atomic E-state index is 0.0207. The van der Waals surface area contributed by atoms with Crippen LogP contribution in [0.5, 0.6) is 11.5 Å². The van der Waals surface area contributed by atoms with Gasteiger partial charge in [-0.1, -0.05) is 0 Å². The lowest BCUT2D eigenvalue weighted by molar-refractivity contribution is 0.191. The highest BCUT2D eigenvalue weighted by atomic mass is 16.5. The number of amides is 2. The van der Waals surface area contributed by atoms with E-state index in [2.05, 4.69) is 21.3 Å². The van der Waals surface area contributed by atoms with Gasteiger partial charge in [-0.3, -0.25) is 0 Å². The standard InChI is InChI=1S/C23H30N4O3/c1-29-18-7-8-21(30-2)19(15-18)20-6-5-13-27(20)23(28)25-16-17-9-10-24-22(14-17)26-11-3-4-12-26/h7-10,14-15,20H,3-6,11-13,16H2,1-2H3,(H,25,28). The first kappa shape index (κ1) is 20.3. The molecule has 1 N–H and O–H groups in total. The highest BCUT2D eigenvalue weighted by Crippen LogP contribution is 2.38. The van der Waals surface area contributed by atoms with E-state index in [1.165, 1.54) is 12.8 Å². The molecule has 2 amide bonds. The molecule has 0 saturated carbocycles. The Bertz CT molecular complexity index is 883. The highest BCUT2D eigenvalue weighted by molar-refractivity contribution is 5.75. The Kier molecular flexibility index (Phi) is 6.26. The van der Waals surface area contributed by atoms with Crippen molar-refractivity contribution >= 4 is 11.8 Å². The molecule has 0 bridgehead atoms. The van der Waals surface area contributed by atoms with Crippen LogP contribution in [0.4, 0.5) is 10.6 Å². The first-order valence-electron chi connectivity index (χ1n) is 10.7. The first-order valence-corrected chi connectivity index (χ1v) is 10.7. The van der Waals surface area contributed by atoms with Crippen LogP contribution in [0, 0.1) is 0 Å². The van der Waals surface area contributed by atoms with Gasteiger partial charge >= 0.3 is 6.03 Å². The molecule has 4 rings (SSSR count). The summed E-state index contributed by atoms with van der Waals surface area (Å²) in [6, 6.07) is 9.72. The van der Waals surface area contributed by atoms with Crippen LogP contribution in [-0.4, -0.2) is 49.8 Å². The summed E-state index contributed by atoms with van der Waals surface area (Å²) in [7, 11) is 3.31. The van der Waals surface area contributed by atoms with E-state index in [0.29, 0.717) is 6.54 Å². The number of nitrogens with one attached hydrogen (secondary N) is 1. The van der Waals surface area contributed by atoms with Crippen LogP contribution in [-0.2, 0) is 6.54 Å². The smallest absolute Gasteiger partial charge is 0.318 e. The highest BCUT2D eigenvalue weighted by Gasteiger charge is 2.32. The molecule has 3 heterocycles. The third-order valence-electron chi connectivity index (χ3n) is 5.99. The quantitative estimate of drug-likeness (QED) is 0.786. The summed E-state index contributed by atoms with van der Waals surface area (Å²) in [5.41, 5.74) is 2.06. The van der Waals surface area contributed by atoms with Crippen LogP contribution in [0.15, 0.2) is 36.5 Å². The van der Waals surface area contributed by atoms with Gasteiger partial charge in [-0.2, -0.15) is 0 Å². The molecular formula is C23H30N4O3. The second kappa shape index (κ2) is 9.24. The fraction of sp³-hybridized carbons (Fsp3) is 0.478. The number of carbonyl (C=O) groups excluding carboxylic acids is 1. The minimum Gasteiger partial charge on any atom is -0.497 e. The summed E-state index contributed by atoms with van der Waals surface area (Å²) in [5.74, 6) is 2.55. The van der Waals surface area contributed by atoms with E-state index in [0.717, 1.165) is 60.9 Å². The molecule has 7 heteroatoms. The fourth-order valence-corrected chi connectivity index (χ4v) is 4.40. The number of rotatable bonds is 6. The molecule has 7 nitrogen and oxygen atoms in total.